The second-order valence-electron chi connectivity index (χ2n) is 3.71. The molecule has 0 saturated carbocycles. The molecule has 2 aromatic rings. The Morgan fingerprint density at radius 2 is 1.79 bits per heavy atom. The standard InChI is InChI=1S/C10H7NO7S/c12-8-4-9(19(16,17)18)7-3-5(11(14)15)1-2-6(7)10(8)13/h1-4H,(H3-,12,13,16,17,18). The predicted octanol–water partition coefficient (Wildman–Crippen LogP) is 1.33. The zero-order chi connectivity index (χ0) is 14.4. The van der Waals surface area contributed by atoms with E-state index >= 15 is 0 Å². The monoisotopic (exact) mass is 285 g/mol. The van der Waals surface area contributed by atoms with Gasteiger partial charge in [-0.3, -0.25) is 10.1 Å². The van der Waals surface area contributed by atoms with Crippen LogP contribution in [0.1, 0.15) is 0 Å². The molecule has 2 aromatic carbocycles. The summed E-state index contributed by atoms with van der Waals surface area (Å²) in [5, 5.41) is 31.1. The van der Waals surface area contributed by atoms with Crippen molar-refractivity contribution in [2.24, 2.45) is 0 Å². The minimum Gasteiger partial charge on any atom is -0.870 e. The predicted molar refractivity (Wildman–Crippen MR) is 63.3 cm³/mol. The molecule has 3 N–H and O–H groups in total. The average Bonchev–Trinajstić information content (AvgIpc) is 2.31. The van der Waals surface area contributed by atoms with Crippen LogP contribution in [0, 0.1) is 10.1 Å². The van der Waals surface area contributed by atoms with Gasteiger partial charge in [0.25, 0.3) is 5.69 Å². The van der Waals surface area contributed by atoms with E-state index in [0.717, 1.165) is 18.2 Å². The lowest BCUT2D eigenvalue weighted by Gasteiger charge is -2.13. The molecule has 100 valence electrons. The van der Waals surface area contributed by atoms with Crippen molar-refractivity contribution < 1.29 is 28.5 Å². The zero-order valence-electron chi connectivity index (χ0n) is 9.14. The van der Waals surface area contributed by atoms with Gasteiger partial charge in [-0.25, -0.2) is 0 Å². The third-order valence-electron chi connectivity index (χ3n) is 2.51. The van der Waals surface area contributed by atoms with Crippen LogP contribution in [0.25, 0.3) is 10.8 Å². The van der Waals surface area contributed by atoms with Crippen molar-refractivity contribution in [1.82, 2.24) is 0 Å². The fraction of sp³-hybridized carbons (Fsp3) is 0. The van der Waals surface area contributed by atoms with E-state index in [1.54, 1.807) is 0 Å². The van der Waals surface area contributed by atoms with Crippen LogP contribution in [0.15, 0.2) is 29.2 Å². The smallest absolute Gasteiger partial charge is 0.387 e. The average molecular weight is 285 g/mol. The molecule has 9 heteroatoms. The number of benzene rings is 2. The van der Waals surface area contributed by atoms with Gasteiger partial charge < -0.3 is 10.2 Å². The van der Waals surface area contributed by atoms with E-state index < -0.39 is 37.5 Å². The van der Waals surface area contributed by atoms with E-state index in [4.69, 9.17) is 9.11 Å². The van der Waals surface area contributed by atoms with Crippen LogP contribution in [-0.4, -0.2) is 19.1 Å². The molecule has 0 bridgehead atoms. The van der Waals surface area contributed by atoms with Crippen molar-refractivity contribution in [1.29, 1.82) is 0 Å². The summed E-state index contributed by atoms with van der Waals surface area (Å²) in [6.45, 7) is 0. The van der Waals surface area contributed by atoms with Gasteiger partial charge in [-0.15, -0.1) is 0 Å². The van der Waals surface area contributed by atoms with Crippen molar-refractivity contribution in [2.75, 3.05) is 0 Å². The van der Waals surface area contributed by atoms with Crippen molar-refractivity contribution in [3.8, 4) is 11.5 Å². The first-order chi connectivity index (χ1) is 8.71. The van der Waals surface area contributed by atoms with Gasteiger partial charge in [0.05, 0.1) is 4.92 Å². The maximum atomic E-state index is 11.6. The van der Waals surface area contributed by atoms with E-state index in [0.29, 0.717) is 6.07 Å². The molecule has 0 amide bonds. The molecule has 0 atom stereocenters. The van der Waals surface area contributed by atoms with Crippen molar-refractivity contribution in [3.63, 3.8) is 0 Å². The lowest BCUT2D eigenvalue weighted by atomic mass is 10.1. The second kappa shape index (κ2) is 4.16. The van der Waals surface area contributed by atoms with E-state index in [1.807, 2.05) is 0 Å². The molecule has 0 unspecified atom stereocenters. The Labute approximate surface area is 107 Å². The number of rotatable bonds is 2. The van der Waals surface area contributed by atoms with Gasteiger partial charge in [0, 0.05) is 23.6 Å². The highest BCUT2D eigenvalue weighted by atomic mass is 32.3. The highest BCUT2D eigenvalue weighted by Gasteiger charge is 2.30. The summed E-state index contributed by atoms with van der Waals surface area (Å²) in [5.74, 6) is -1.68. The maximum absolute atomic E-state index is 11.6. The van der Waals surface area contributed by atoms with Crippen molar-refractivity contribution in [2.45, 2.75) is 4.90 Å². The first kappa shape index (κ1) is 13.2. The molecular formula is C10H7NO7S. The molecule has 19 heavy (non-hydrogen) atoms. The Hall–Kier alpha value is -2.23. The van der Waals surface area contributed by atoms with Crippen LogP contribution in [-0.2, 0) is 14.7 Å². The third kappa shape index (κ3) is 2.21. The molecule has 0 aliphatic heterocycles. The molecule has 0 aliphatic carbocycles. The molecule has 2 rings (SSSR count). The van der Waals surface area contributed by atoms with Crippen molar-refractivity contribution >= 4 is 27.0 Å². The van der Waals surface area contributed by atoms with Crippen molar-refractivity contribution in [3.05, 3.63) is 34.4 Å². The van der Waals surface area contributed by atoms with Crippen LogP contribution < -0.4 is 5.11 Å². The molecule has 0 spiro atoms. The van der Waals surface area contributed by atoms with Gasteiger partial charge in [-0.1, -0.05) is 5.75 Å². The molecule has 8 nitrogen and oxygen atoms in total. The van der Waals surface area contributed by atoms with E-state index in [1.165, 1.54) is 0 Å². The lowest BCUT2D eigenvalue weighted by molar-refractivity contribution is -0.384. The van der Waals surface area contributed by atoms with Gasteiger partial charge in [-0.05, 0) is 15.7 Å². The summed E-state index contributed by atoms with van der Waals surface area (Å²) in [4.78, 5) is 9.24. The highest BCUT2D eigenvalue weighted by molar-refractivity contribution is 7.92. The van der Waals surface area contributed by atoms with Crippen LogP contribution >= 0.6 is 0 Å². The molecule has 0 heterocycles. The first-order valence-electron chi connectivity index (χ1n) is 4.82. The molecule has 0 saturated heterocycles. The second-order valence-corrected chi connectivity index (χ2v) is 5.14. The van der Waals surface area contributed by atoms with Crippen LogP contribution in [0.3, 0.4) is 0 Å². The summed E-state index contributed by atoms with van der Waals surface area (Å²) in [7, 11) is -4.48. The third-order valence-corrected chi connectivity index (χ3v) is 3.42. The summed E-state index contributed by atoms with van der Waals surface area (Å²) in [6.07, 6.45) is 0. The molecular weight excluding hydrogens is 278 g/mol. The summed E-state index contributed by atoms with van der Waals surface area (Å²) in [5.41, 5.74) is -0.414. The SMILES string of the molecule is O=[N+]([O-])c1ccc2c([O-])c(O)cc([S+](=O)(O)O)c2c1. The Morgan fingerprint density at radius 3 is 2.32 bits per heavy atom. The van der Waals surface area contributed by atoms with E-state index in [-0.39, 0.29) is 10.8 Å². The Bertz CT molecular complexity index is 736. The van der Waals surface area contributed by atoms with Gasteiger partial charge in [0.15, 0.2) is 0 Å². The minimum atomic E-state index is -4.48. The molecule has 0 aliphatic rings. The Morgan fingerprint density at radius 1 is 1.16 bits per heavy atom. The quantitative estimate of drug-likeness (QED) is 0.428. The topological polar surface area (TPSA) is 144 Å². The number of fused-ring (bicyclic) bond motifs is 1. The van der Waals surface area contributed by atoms with Crippen LogP contribution in [0.2, 0.25) is 0 Å². The lowest BCUT2D eigenvalue weighted by Crippen LogP contribution is -2.09. The van der Waals surface area contributed by atoms with Gasteiger partial charge in [-0.2, -0.15) is 9.11 Å². The minimum absolute atomic E-state index is 0.198. The normalized spacial score (nSPS) is 11.7. The number of nitro benzene ring substituents is 1. The van der Waals surface area contributed by atoms with Gasteiger partial charge in [0.1, 0.15) is 5.75 Å². The van der Waals surface area contributed by atoms with Crippen LogP contribution in [0.5, 0.6) is 11.5 Å². The fourth-order valence-corrected chi connectivity index (χ4v) is 2.39. The first-order valence-corrected chi connectivity index (χ1v) is 6.29. The number of nitrogens with zero attached hydrogens (tertiary/aromatic N) is 1. The number of phenolic OH excluding ortho intramolecular Hbond substituents is 1. The summed E-state index contributed by atoms with van der Waals surface area (Å²) < 4.78 is 29.5. The number of hydrogen-bond acceptors (Lipinski definition) is 5. The number of aromatic hydroxyl groups is 1. The van der Waals surface area contributed by atoms with E-state index in [9.17, 15) is 24.5 Å². The summed E-state index contributed by atoms with van der Waals surface area (Å²) in [6, 6.07) is 3.57. The Kier molecular flexibility index (Phi) is 2.89. The van der Waals surface area contributed by atoms with Gasteiger partial charge in [0.2, 0.25) is 4.90 Å². The fourth-order valence-electron chi connectivity index (χ4n) is 1.67. The molecule has 0 radical (unpaired) electrons. The van der Waals surface area contributed by atoms with E-state index in [2.05, 4.69) is 0 Å². The number of non-ortho nitro benzene ring substituents is 1. The van der Waals surface area contributed by atoms with Gasteiger partial charge >= 0.3 is 10.5 Å². The van der Waals surface area contributed by atoms with Crippen LogP contribution in [0.4, 0.5) is 5.69 Å². The maximum Gasteiger partial charge on any atom is 0.387 e. The largest absolute Gasteiger partial charge is 0.870 e. The molecule has 0 aromatic heterocycles. The Balaban J connectivity index is 2.95. The highest BCUT2D eigenvalue weighted by Crippen LogP contribution is 2.38. The zero-order valence-corrected chi connectivity index (χ0v) is 9.96. The number of nitro groups is 1. The number of phenols is 1. The molecule has 0 fully saturated rings. The number of hydrogen-bond donors (Lipinski definition) is 3. The summed E-state index contributed by atoms with van der Waals surface area (Å²) >= 11 is 0.